The Hall–Kier alpha value is -0.120. The molecule has 146 valence electrons. The zero-order valence-electron chi connectivity index (χ0n) is 17.0. The first-order valence-corrected chi connectivity index (χ1v) is 10.7. The van der Waals surface area contributed by atoms with Crippen molar-refractivity contribution in [3.05, 3.63) is 0 Å². The molecule has 24 heavy (non-hydrogen) atoms. The Kier molecular flexibility index (Phi) is 17.6. The Morgan fingerprint density at radius 3 is 1.62 bits per heavy atom. The van der Waals surface area contributed by atoms with Crippen molar-refractivity contribution in [2.24, 2.45) is 0 Å². The molecule has 1 N–H and O–H groups in total. The Morgan fingerprint density at radius 2 is 1.17 bits per heavy atom. The molecule has 0 aromatic carbocycles. The summed E-state index contributed by atoms with van der Waals surface area (Å²) in [5.74, 6) is 0. The van der Waals surface area contributed by atoms with E-state index in [1.807, 2.05) is 0 Å². The molecule has 1 unspecified atom stereocenters. The zero-order chi connectivity index (χ0) is 17.9. The minimum atomic E-state index is 0.248. The highest BCUT2D eigenvalue weighted by Gasteiger charge is 2.19. The summed E-state index contributed by atoms with van der Waals surface area (Å²) in [5, 5.41) is 9.17. The number of hydrogen-bond donors (Lipinski definition) is 1. The third kappa shape index (κ3) is 15.4. The summed E-state index contributed by atoms with van der Waals surface area (Å²) >= 11 is 0. The van der Waals surface area contributed by atoms with E-state index in [9.17, 15) is 5.11 Å². The number of rotatable bonds is 19. The van der Waals surface area contributed by atoms with Crippen LogP contribution in [-0.4, -0.2) is 49.7 Å². The Bertz CT molecular complexity index is 240. The van der Waals surface area contributed by atoms with Crippen LogP contribution in [0.25, 0.3) is 0 Å². The summed E-state index contributed by atoms with van der Waals surface area (Å²) in [5.41, 5.74) is 0. The normalized spacial score (nSPS) is 14.0. The predicted molar refractivity (Wildman–Crippen MR) is 105 cm³/mol. The van der Waals surface area contributed by atoms with Gasteiger partial charge in [-0.1, -0.05) is 84.5 Å². The Morgan fingerprint density at radius 1 is 0.667 bits per heavy atom. The summed E-state index contributed by atoms with van der Waals surface area (Å²) in [6.07, 6.45) is 17.7. The van der Waals surface area contributed by atoms with Gasteiger partial charge in [-0.15, -0.1) is 0 Å². The van der Waals surface area contributed by atoms with Crippen LogP contribution in [0.1, 0.15) is 97.3 Å². The SMILES string of the molecule is CCCCCCCCCCCCCCOC[N+](C)(CCC)CCO. The van der Waals surface area contributed by atoms with Crippen molar-refractivity contribution in [1.82, 2.24) is 0 Å². The third-order valence-corrected chi connectivity index (χ3v) is 4.95. The van der Waals surface area contributed by atoms with E-state index in [-0.39, 0.29) is 6.61 Å². The number of aliphatic hydroxyl groups excluding tert-OH is 1. The molecule has 0 aliphatic heterocycles. The van der Waals surface area contributed by atoms with Crippen LogP contribution in [0.2, 0.25) is 0 Å². The smallest absolute Gasteiger partial charge is 0.182 e. The van der Waals surface area contributed by atoms with E-state index >= 15 is 0 Å². The van der Waals surface area contributed by atoms with Gasteiger partial charge in [0.2, 0.25) is 0 Å². The molecule has 0 radical (unpaired) electrons. The van der Waals surface area contributed by atoms with E-state index in [4.69, 9.17) is 4.74 Å². The van der Waals surface area contributed by atoms with Gasteiger partial charge >= 0.3 is 0 Å². The van der Waals surface area contributed by atoms with Gasteiger partial charge in [0.1, 0.15) is 6.54 Å². The number of ether oxygens (including phenoxy) is 1. The van der Waals surface area contributed by atoms with Crippen LogP contribution in [-0.2, 0) is 4.74 Å². The second kappa shape index (κ2) is 17.7. The van der Waals surface area contributed by atoms with Gasteiger partial charge < -0.3 is 14.3 Å². The van der Waals surface area contributed by atoms with Crippen molar-refractivity contribution < 1.29 is 14.3 Å². The molecule has 0 aliphatic rings. The molecule has 0 aromatic rings. The molecule has 0 amide bonds. The van der Waals surface area contributed by atoms with Crippen LogP contribution in [0.15, 0.2) is 0 Å². The van der Waals surface area contributed by atoms with E-state index in [1.54, 1.807) is 0 Å². The number of aliphatic hydroxyl groups is 1. The fourth-order valence-electron chi connectivity index (χ4n) is 3.35. The number of unbranched alkanes of at least 4 members (excludes halogenated alkanes) is 11. The van der Waals surface area contributed by atoms with E-state index < -0.39 is 0 Å². The molecule has 0 rings (SSSR count). The first-order valence-electron chi connectivity index (χ1n) is 10.7. The van der Waals surface area contributed by atoms with Crippen LogP contribution >= 0.6 is 0 Å². The van der Waals surface area contributed by atoms with E-state index in [0.29, 0.717) is 0 Å². The minimum Gasteiger partial charge on any atom is -0.391 e. The highest BCUT2D eigenvalue weighted by molar-refractivity contribution is 4.48. The van der Waals surface area contributed by atoms with Gasteiger partial charge in [-0.25, -0.2) is 0 Å². The van der Waals surface area contributed by atoms with Crippen LogP contribution < -0.4 is 0 Å². The number of nitrogens with zero attached hydrogens (tertiary/aromatic N) is 1. The lowest BCUT2D eigenvalue weighted by atomic mass is 10.1. The van der Waals surface area contributed by atoms with Crippen molar-refractivity contribution in [3.63, 3.8) is 0 Å². The quantitative estimate of drug-likeness (QED) is 0.190. The molecule has 3 heteroatoms. The topological polar surface area (TPSA) is 29.5 Å². The standard InChI is InChI=1S/C21H46NO2/c1-4-6-7-8-9-10-11-12-13-14-15-16-20-24-21-22(3,17-5-2)18-19-23/h23H,4-21H2,1-3H3/q+1. The van der Waals surface area contributed by atoms with Gasteiger partial charge in [0.15, 0.2) is 6.73 Å². The molecule has 0 aromatic heterocycles. The number of likely N-dealkylation sites (N-methyl/N-ethyl adjacent to an activating group) is 1. The molecular weight excluding hydrogens is 298 g/mol. The fraction of sp³-hybridized carbons (Fsp3) is 1.00. The summed E-state index contributed by atoms with van der Waals surface area (Å²) in [7, 11) is 2.18. The predicted octanol–water partition coefficient (Wildman–Crippen LogP) is 5.51. The van der Waals surface area contributed by atoms with Gasteiger partial charge in [-0.2, -0.15) is 0 Å². The van der Waals surface area contributed by atoms with Crippen molar-refractivity contribution in [1.29, 1.82) is 0 Å². The third-order valence-electron chi connectivity index (χ3n) is 4.95. The summed E-state index contributed by atoms with van der Waals surface area (Å²) < 4.78 is 6.70. The first kappa shape index (κ1) is 23.9. The molecule has 0 fully saturated rings. The molecule has 0 saturated heterocycles. The molecule has 3 nitrogen and oxygen atoms in total. The van der Waals surface area contributed by atoms with Crippen molar-refractivity contribution in [3.8, 4) is 0 Å². The summed E-state index contributed by atoms with van der Waals surface area (Å²) in [6, 6.07) is 0. The van der Waals surface area contributed by atoms with Gasteiger partial charge in [0.05, 0.1) is 26.8 Å². The van der Waals surface area contributed by atoms with Gasteiger partial charge in [-0.3, -0.25) is 0 Å². The van der Waals surface area contributed by atoms with E-state index in [0.717, 1.165) is 37.3 Å². The molecule has 0 spiro atoms. The van der Waals surface area contributed by atoms with Crippen LogP contribution in [0.5, 0.6) is 0 Å². The summed E-state index contributed by atoms with van der Waals surface area (Å²) in [4.78, 5) is 0. The molecule has 0 heterocycles. The van der Waals surface area contributed by atoms with Crippen molar-refractivity contribution in [2.75, 3.05) is 40.1 Å². The van der Waals surface area contributed by atoms with Gasteiger partial charge in [0, 0.05) is 0 Å². The van der Waals surface area contributed by atoms with Crippen LogP contribution in [0, 0.1) is 0 Å². The fourth-order valence-corrected chi connectivity index (χ4v) is 3.35. The first-order chi connectivity index (χ1) is 11.7. The Balaban J connectivity index is 3.30. The average Bonchev–Trinajstić information content (AvgIpc) is 2.55. The average molecular weight is 345 g/mol. The van der Waals surface area contributed by atoms with Gasteiger partial charge in [0.25, 0.3) is 0 Å². The lowest BCUT2D eigenvalue weighted by Crippen LogP contribution is -2.48. The van der Waals surface area contributed by atoms with Crippen LogP contribution in [0.4, 0.5) is 0 Å². The van der Waals surface area contributed by atoms with Crippen LogP contribution in [0.3, 0.4) is 0 Å². The maximum absolute atomic E-state index is 9.17. The second-order valence-corrected chi connectivity index (χ2v) is 7.72. The second-order valence-electron chi connectivity index (χ2n) is 7.72. The van der Waals surface area contributed by atoms with Crippen molar-refractivity contribution >= 4 is 0 Å². The van der Waals surface area contributed by atoms with E-state index in [1.165, 1.54) is 77.0 Å². The largest absolute Gasteiger partial charge is 0.391 e. The number of hydrogen-bond acceptors (Lipinski definition) is 2. The molecular formula is C21H46NO2+. The molecule has 0 aliphatic carbocycles. The molecule has 1 atom stereocenters. The lowest BCUT2D eigenvalue weighted by Gasteiger charge is -2.33. The monoisotopic (exact) mass is 344 g/mol. The number of quaternary nitrogens is 1. The summed E-state index contributed by atoms with van der Waals surface area (Å²) in [6.45, 7) is 8.22. The lowest BCUT2D eigenvalue weighted by molar-refractivity contribution is -0.928. The highest BCUT2D eigenvalue weighted by Crippen LogP contribution is 2.12. The Labute approximate surface area is 152 Å². The van der Waals surface area contributed by atoms with Crippen molar-refractivity contribution in [2.45, 2.75) is 97.3 Å². The highest BCUT2D eigenvalue weighted by atomic mass is 16.5. The molecule has 0 saturated carbocycles. The zero-order valence-corrected chi connectivity index (χ0v) is 17.0. The van der Waals surface area contributed by atoms with E-state index in [2.05, 4.69) is 20.9 Å². The maximum Gasteiger partial charge on any atom is 0.182 e. The maximum atomic E-state index is 9.17. The minimum absolute atomic E-state index is 0.248. The molecule has 0 bridgehead atoms. The van der Waals surface area contributed by atoms with Gasteiger partial charge in [-0.05, 0) is 12.8 Å².